The van der Waals surface area contributed by atoms with Gasteiger partial charge in [0.15, 0.2) is 0 Å². The highest BCUT2D eigenvalue weighted by Crippen LogP contribution is 2.23. The molecule has 0 bridgehead atoms. The van der Waals surface area contributed by atoms with Crippen LogP contribution in [0.25, 0.3) is 0 Å². The third kappa shape index (κ3) is 5.61. The molecule has 2 aromatic rings. The highest BCUT2D eigenvalue weighted by atomic mass is 32.2. The summed E-state index contributed by atoms with van der Waals surface area (Å²) in [5, 5.41) is 2.71. The molecule has 2 aromatic carbocycles. The van der Waals surface area contributed by atoms with Crippen LogP contribution in [-0.4, -0.2) is 31.2 Å². The zero-order chi connectivity index (χ0) is 20.2. The Kier molecular flexibility index (Phi) is 6.73. The van der Waals surface area contributed by atoms with Gasteiger partial charge in [0.1, 0.15) is 5.82 Å². The summed E-state index contributed by atoms with van der Waals surface area (Å²) in [6.45, 7) is 6.81. The molecule has 0 aliphatic heterocycles. The summed E-state index contributed by atoms with van der Waals surface area (Å²) in [5.41, 5.74) is 2.02. The molecule has 0 unspecified atom stereocenters. The molecule has 146 valence electrons. The van der Waals surface area contributed by atoms with Gasteiger partial charge >= 0.3 is 0 Å². The average Bonchev–Trinajstić information content (AvgIpc) is 2.57. The fourth-order valence-corrected chi connectivity index (χ4v) is 4.37. The highest BCUT2D eigenvalue weighted by molar-refractivity contribution is 7.89. The number of nitrogens with one attached hydrogen (secondary N) is 1. The lowest BCUT2D eigenvalue weighted by Gasteiger charge is -2.23. The van der Waals surface area contributed by atoms with E-state index in [1.54, 1.807) is 32.9 Å². The van der Waals surface area contributed by atoms with Crippen molar-refractivity contribution in [1.29, 1.82) is 0 Å². The first-order valence-corrected chi connectivity index (χ1v) is 10.1. The van der Waals surface area contributed by atoms with Crippen LogP contribution in [0.5, 0.6) is 0 Å². The lowest BCUT2D eigenvalue weighted by atomic mass is 10.2. The smallest absolute Gasteiger partial charge is 0.244 e. The molecular weight excluding hydrogens is 367 g/mol. The number of hydrogen-bond acceptors (Lipinski definition) is 3. The zero-order valence-corrected chi connectivity index (χ0v) is 16.8. The summed E-state index contributed by atoms with van der Waals surface area (Å²) in [4.78, 5) is 12.4. The maximum Gasteiger partial charge on any atom is 0.244 e. The minimum Gasteiger partial charge on any atom is -0.353 e. The van der Waals surface area contributed by atoms with E-state index in [0.29, 0.717) is 11.1 Å². The number of sulfonamides is 1. The zero-order valence-electron chi connectivity index (χ0n) is 16.0. The number of hydrogen-bond donors (Lipinski definition) is 1. The van der Waals surface area contributed by atoms with Crippen molar-refractivity contribution >= 4 is 15.9 Å². The highest BCUT2D eigenvalue weighted by Gasteiger charge is 2.28. The quantitative estimate of drug-likeness (QED) is 0.787. The SMILES string of the molecule is Cc1ccc(C)c(S(=O)(=O)N(CC(=O)NC(C)C)Cc2ccc(F)cc2)c1. The van der Waals surface area contributed by atoms with Crippen molar-refractivity contribution in [1.82, 2.24) is 9.62 Å². The van der Waals surface area contributed by atoms with Gasteiger partial charge in [-0.15, -0.1) is 0 Å². The number of carbonyl (C=O) groups excluding carboxylic acids is 1. The van der Waals surface area contributed by atoms with Gasteiger partial charge in [-0.2, -0.15) is 4.31 Å². The van der Waals surface area contributed by atoms with Crippen LogP contribution < -0.4 is 5.32 Å². The third-order valence-corrected chi connectivity index (χ3v) is 5.94. The Morgan fingerprint density at radius 2 is 1.74 bits per heavy atom. The molecule has 1 N–H and O–H groups in total. The first-order chi connectivity index (χ1) is 12.6. The van der Waals surface area contributed by atoms with E-state index in [-0.39, 0.29) is 29.9 Å². The Bertz CT molecular complexity index is 909. The molecule has 0 saturated heterocycles. The monoisotopic (exact) mass is 392 g/mol. The molecule has 0 saturated carbocycles. The van der Waals surface area contributed by atoms with Crippen LogP contribution in [0.1, 0.15) is 30.5 Å². The second-order valence-electron chi connectivity index (χ2n) is 6.89. The van der Waals surface area contributed by atoms with Crippen molar-refractivity contribution in [3.8, 4) is 0 Å². The predicted molar refractivity (Wildman–Crippen MR) is 103 cm³/mol. The van der Waals surface area contributed by atoms with E-state index in [1.807, 2.05) is 13.0 Å². The maximum atomic E-state index is 13.3. The molecule has 7 heteroatoms. The van der Waals surface area contributed by atoms with Crippen LogP contribution in [-0.2, 0) is 21.4 Å². The number of aryl methyl sites for hydroxylation is 2. The van der Waals surface area contributed by atoms with Crippen molar-refractivity contribution in [3.63, 3.8) is 0 Å². The van der Waals surface area contributed by atoms with Gasteiger partial charge in [0, 0.05) is 12.6 Å². The van der Waals surface area contributed by atoms with Gasteiger partial charge in [0.05, 0.1) is 11.4 Å². The van der Waals surface area contributed by atoms with Crippen LogP contribution in [0.15, 0.2) is 47.4 Å². The van der Waals surface area contributed by atoms with Crippen LogP contribution in [0, 0.1) is 19.7 Å². The van der Waals surface area contributed by atoms with Gasteiger partial charge in [-0.05, 0) is 62.6 Å². The second-order valence-corrected chi connectivity index (χ2v) is 8.80. The Morgan fingerprint density at radius 1 is 1.11 bits per heavy atom. The summed E-state index contributed by atoms with van der Waals surface area (Å²) in [6, 6.07) is 10.6. The van der Waals surface area contributed by atoms with Crippen LogP contribution in [0.4, 0.5) is 4.39 Å². The van der Waals surface area contributed by atoms with Crippen molar-refractivity contribution in [2.45, 2.75) is 45.2 Å². The van der Waals surface area contributed by atoms with Crippen molar-refractivity contribution < 1.29 is 17.6 Å². The van der Waals surface area contributed by atoms with E-state index in [9.17, 15) is 17.6 Å². The van der Waals surface area contributed by atoms with E-state index in [2.05, 4.69) is 5.32 Å². The molecule has 0 aliphatic rings. The molecule has 5 nitrogen and oxygen atoms in total. The molecule has 0 radical (unpaired) electrons. The molecule has 0 aliphatic carbocycles. The number of benzene rings is 2. The average molecular weight is 392 g/mol. The molecule has 0 aromatic heterocycles. The first-order valence-electron chi connectivity index (χ1n) is 8.71. The number of rotatable bonds is 7. The largest absolute Gasteiger partial charge is 0.353 e. The molecule has 27 heavy (non-hydrogen) atoms. The van der Waals surface area contributed by atoms with Crippen LogP contribution in [0.2, 0.25) is 0 Å². The number of halogens is 1. The Morgan fingerprint density at radius 3 is 2.33 bits per heavy atom. The van der Waals surface area contributed by atoms with Crippen molar-refractivity contribution in [3.05, 3.63) is 65.0 Å². The Balaban J connectivity index is 2.41. The van der Waals surface area contributed by atoms with E-state index in [1.165, 1.54) is 24.3 Å². The maximum absolute atomic E-state index is 13.3. The Labute approximate surface area is 160 Å². The molecular formula is C20H25FN2O3S. The Hall–Kier alpha value is -2.25. The van der Waals surface area contributed by atoms with E-state index >= 15 is 0 Å². The number of amides is 1. The van der Waals surface area contributed by atoms with Crippen LogP contribution in [0.3, 0.4) is 0 Å². The van der Waals surface area contributed by atoms with E-state index in [4.69, 9.17) is 0 Å². The molecule has 0 fully saturated rings. The fourth-order valence-electron chi connectivity index (χ4n) is 2.67. The summed E-state index contributed by atoms with van der Waals surface area (Å²) in [5.74, 6) is -0.791. The van der Waals surface area contributed by atoms with Gasteiger partial charge < -0.3 is 5.32 Å². The van der Waals surface area contributed by atoms with E-state index in [0.717, 1.165) is 9.87 Å². The van der Waals surface area contributed by atoms with Crippen molar-refractivity contribution in [2.24, 2.45) is 0 Å². The van der Waals surface area contributed by atoms with Gasteiger partial charge in [-0.25, -0.2) is 12.8 Å². The summed E-state index contributed by atoms with van der Waals surface area (Å²) in [6.07, 6.45) is 0. The van der Waals surface area contributed by atoms with Gasteiger partial charge in [-0.3, -0.25) is 4.79 Å². The molecule has 0 atom stereocenters. The molecule has 2 rings (SSSR count). The molecule has 1 amide bonds. The minimum atomic E-state index is -3.91. The normalized spacial score (nSPS) is 11.8. The second kappa shape index (κ2) is 8.63. The fraction of sp³-hybridized carbons (Fsp3) is 0.350. The van der Waals surface area contributed by atoms with Gasteiger partial charge in [-0.1, -0.05) is 24.3 Å². The van der Waals surface area contributed by atoms with Gasteiger partial charge in [0.2, 0.25) is 15.9 Å². The lowest BCUT2D eigenvalue weighted by Crippen LogP contribution is -2.42. The van der Waals surface area contributed by atoms with E-state index < -0.39 is 15.8 Å². The third-order valence-electron chi connectivity index (χ3n) is 4.00. The minimum absolute atomic E-state index is 0.0263. The van der Waals surface area contributed by atoms with Gasteiger partial charge in [0.25, 0.3) is 0 Å². The summed E-state index contributed by atoms with van der Waals surface area (Å²) < 4.78 is 40.8. The molecule has 0 heterocycles. The summed E-state index contributed by atoms with van der Waals surface area (Å²) >= 11 is 0. The van der Waals surface area contributed by atoms with Crippen LogP contribution >= 0.6 is 0 Å². The number of nitrogens with zero attached hydrogens (tertiary/aromatic N) is 1. The molecule has 0 spiro atoms. The van der Waals surface area contributed by atoms with Crippen molar-refractivity contribution in [2.75, 3.05) is 6.54 Å². The topological polar surface area (TPSA) is 66.5 Å². The summed E-state index contributed by atoms with van der Waals surface area (Å²) in [7, 11) is -3.91. The first kappa shape index (κ1) is 21.1. The number of carbonyl (C=O) groups is 1. The lowest BCUT2D eigenvalue weighted by molar-refractivity contribution is -0.121. The predicted octanol–water partition coefficient (Wildman–Crippen LogP) is 3.16. The standard InChI is InChI=1S/C20H25FN2O3S/c1-14(2)22-20(24)13-23(12-17-7-9-18(21)10-8-17)27(25,26)19-11-15(3)5-6-16(19)4/h5-11,14H,12-13H2,1-4H3,(H,22,24).